The number of benzene rings is 1. The van der Waals surface area contributed by atoms with Crippen LogP contribution in [0, 0.1) is 0 Å². The molecule has 2 aliphatic heterocycles. The molecule has 0 radical (unpaired) electrons. The van der Waals surface area contributed by atoms with Crippen LogP contribution < -0.4 is 4.74 Å². The van der Waals surface area contributed by atoms with Gasteiger partial charge in [-0.2, -0.15) is 0 Å². The summed E-state index contributed by atoms with van der Waals surface area (Å²) in [5.74, 6) is 0.909. The third-order valence-electron chi connectivity index (χ3n) is 5.36. The molecule has 2 heterocycles. The molecule has 0 aromatic heterocycles. The van der Waals surface area contributed by atoms with E-state index in [2.05, 4.69) is 4.90 Å². The molecule has 0 bridgehead atoms. The van der Waals surface area contributed by atoms with Crippen LogP contribution in [-0.4, -0.2) is 72.9 Å². The Hall–Kier alpha value is -1.63. The van der Waals surface area contributed by atoms with E-state index >= 15 is 0 Å². The number of rotatable bonds is 4. The highest BCUT2D eigenvalue weighted by Gasteiger charge is 2.38. The zero-order valence-corrected chi connectivity index (χ0v) is 15.1. The van der Waals surface area contributed by atoms with Gasteiger partial charge in [0, 0.05) is 64.7 Å². The molecule has 2 aliphatic rings. The van der Waals surface area contributed by atoms with Gasteiger partial charge < -0.3 is 19.5 Å². The standard InChI is InChI=1S/C19H28N2O4/c1-15(22)20-9-10-21(14-19(23)7-11-25-12-8-19)17(13-20)16-5-3-4-6-18(16)24-2/h3-6,17,23H,7-14H2,1-2H3. The Morgan fingerprint density at radius 2 is 2.04 bits per heavy atom. The number of ether oxygens (including phenoxy) is 2. The van der Waals surface area contributed by atoms with Gasteiger partial charge in [0.2, 0.25) is 5.91 Å². The van der Waals surface area contributed by atoms with Crippen LogP contribution in [0.2, 0.25) is 0 Å². The molecular formula is C19H28N2O4. The van der Waals surface area contributed by atoms with Gasteiger partial charge in [0.25, 0.3) is 0 Å². The summed E-state index contributed by atoms with van der Waals surface area (Å²) in [5.41, 5.74) is 0.336. The second-order valence-corrected chi connectivity index (χ2v) is 7.03. The van der Waals surface area contributed by atoms with Crippen LogP contribution in [-0.2, 0) is 9.53 Å². The summed E-state index contributed by atoms with van der Waals surface area (Å²) < 4.78 is 10.9. The van der Waals surface area contributed by atoms with Crippen molar-refractivity contribution < 1.29 is 19.4 Å². The number of hydrogen-bond donors (Lipinski definition) is 1. The van der Waals surface area contributed by atoms with Gasteiger partial charge in [-0.1, -0.05) is 18.2 Å². The van der Waals surface area contributed by atoms with Crippen molar-refractivity contribution in [3.63, 3.8) is 0 Å². The van der Waals surface area contributed by atoms with Gasteiger partial charge in [-0.25, -0.2) is 0 Å². The molecule has 3 rings (SSSR count). The second-order valence-electron chi connectivity index (χ2n) is 7.03. The minimum Gasteiger partial charge on any atom is -0.496 e. The van der Waals surface area contributed by atoms with E-state index in [1.807, 2.05) is 29.2 Å². The predicted octanol–water partition coefficient (Wildman–Crippen LogP) is 1.44. The van der Waals surface area contributed by atoms with E-state index in [4.69, 9.17) is 9.47 Å². The highest BCUT2D eigenvalue weighted by molar-refractivity contribution is 5.73. The Balaban J connectivity index is 1.85. The molecule has 1 unspecified atom stereocenters. The summed E-state index contributed by atoms with van der Waals surface area (Å²) in [4.78, 5) is 16.1. The molecular weight excluding hydrogens is 320 g/mol. The average Bonchev–Trinajstić information content (AvgIpc) is 2.62. The lowest BCUT2D eigenvalue weighted by Crippen LogP contribution is -2.55. The van der Waals surface area contributed by atoms with Crippen molar-refractivity contribution in [2.75, 3.05) is 46.5 Å². The van der Waals surface area contributed by atoms with Crippen LogP contribution in [0.15, 0.2) is 24.3 Å². The van der Waals surface area contributed by atoms with E-state index in [0.717, 1.165) is 17.9 Å². The number of methoxy groups -OCH3 is 1. The van der Waals surface area contributed by atoms with Gasteiger partial charge in [0.1, 0.15) is 5.75 Å². The maximum atomic E-state index is 11.9. The van der Waals surface area contributed by atoms with Crippen LogP contribution in [0.5, 0.6) is 5.75 Å². The van der Waals surface area contributed by atoms with Crippen LogP contribution in [0.3, 0.4) is 0 Å². The zero-order valence-electron chi connectivity index (χ0n) is 15.1. The monoisotopic (exact) mass is 348 g/mol. The fourth-order valence-corrected chi connectivity index (χ4v) is 3.82. The largest absolute Gasteiger partial charge is 0.496 e. The minimum absolute atomic E-state index is 0.0145. The van der Waals surface area contributed by atoms with Crippen molar-refractivity contribution in [2.24, 2.45) is 0 Å². The van der Waals surface area contributed by atoms with E-state index < -0.39 is 5.60 Å². The summed E-state index contributed by atoms with van der Waals surface area (Å²) in [5, 5.41) is 11.0. The molecule has 25 heavy (non-hydrogen) atoms. The number of nitrogens with zero attached hydrogens (tertiary/aromatic N) is 2. The maximum Gasteiger partial charge on any atom is 0.219 e. The third-order valence-corrected chi connectivity index (χ3v) is 5.36. The van der Waals surface area contributed by atoms with E-state index in [9.17, 15) is 9.90 Å². The number of hydrogen-bond acceptors (Lipinski definition) is 5. The van der Waals surface area contributed by atoms with Crippen molar-refractivity contribution in [3.8, 4) is 5.75 Å². The first-order valence-corrected chi connectivity index (χ1v) is 8.95. The first kappa shape index (κ1) is 18.2. The SMILES string of the molecule is COc1ccccc1C1CN(C(C)=O)CCN1CC1(O)CCOCC1. The summed E-state index contributed by atoms with van der Waals surface area (Å²) >= 11 is 0. The Morgan fingerprint density at radius 3 is 2.72 bits per heavy atom. The van der Waals surface area contributed by atoms with E-state index in [0.29, 0.717) is 45.7 Å². The first-order chi connectivity index (χ1) is 12.0. The number of carbonyl (C=O) groups is 1. The molecule has 2 fully saturated rings. The summed E-state index contributed by atoms with van der Waals surface area (Å²) in [6, 6.07) is 7.95. The van der Waals surface area contributed by atoms with Gasteiger partial charge in [-0.15, -0.1) is 0 Å². The van der Waals surface area contributed by atoms with Gasteiger partial charge in [0.15, 0.2) is 0 Å². The molecule has 138 valence electrons. The Bertz CT molecular complexity index is 601. The van der Waals surface area contributed by atoms with Crippen molar-refractivity contribution in [1.29, 1.82) is 0 Å². The molecule has 1 amide bonds. The lowest BCUT2D eigenvalue weighted by Gasteiger charge is -2.45. The quantitative estimate of drug-likeness (QED) is 0.892. The number of piperazine rings is 1. The van der Waals surface area contributed by atoms with Gasteiger partial charge in [0.05, 0.1) is 18.8 Å². The molecule has 0 spiro atoms. The van der Waals surface area contributed by atoms with Crippen LogP contribution in [0.25, 0.3) is 0 Å². The van der Waals surface area contributed by atoms with Gasteiger partial charge >= 0.3 is 0 Å². The summed E-state index contributed by atoms with van der Waals surface area (Å²) in [6.07, 6.45) is 1.30. The maximum absolute atomic E-state index is 11.9. The highest BCUT2D eigenvalue weighted by atomic mass is 16.5. The smallest absolute Gasteiger partial charge is 0.219 e. The Kier molecular flexibility index (Phi) is 5.61. The number of para-hydroxylation sites is 1. The van der Waals surface area contributed by atoms with Crippen molar-refractivity contribution >= 4 is 5.91 Å². The normalized spacial score (nSPS) is 24.1. The Labute approximate surface area is 149 Å². The van der Waals surface area contributed by atoms with Gasteiger partial charge in [-0.3, -0.25) is 9.69 Å². The molecule has 0 aliphatic carbocycles. The van der Waals surface area contributed by atoms with E-state index in [-0.39, 0.29) is 11.9 Å². The average molecular weight is 348 g/mol. The number of carbonyl (C=O) groups excluding carboxylic acids is 1. The number of aliphatic hydroxyl groups is 1. The molecule has 6 heteroatoms. The third kappa shape index (κ3) is 4.14. The molecule has 1 aromatic carbocycles. The fourth-order valence-electron chi connectivity index (χ4n) is 3.82. The number of amides is 1. The number of β-amino-alcohol motifs (C(OH)–C–C–N with tert-alkyl or cyclic N) is 1. The van der Waals surface area contributed by atoms with Crippen molar-refractivity contribution in [2.45, 2.75) is 31.4 Å². The lowest BCUT2D eigenvalue weighted by molar-refractivity contribution is -0.134. The summed E-state index contributed by atoms with van der Waals surface area (Å²) in [6.45, 7) is 5.44. The van der Waals surface area contributed by atoms with Crippen LogP contribution in [0.1, 0.15) is 31.4 Å². The molecule has 0 saturated carbocycles. The Morgan fingerprint density at radius 1 is 1.32 bits per heavy atom. The summed E-state index contributed by atoms with van der Waals surface area (Å²) in [7, 11) is 1.67. The predicted molar refractivity (Wildman–Crippen MR) is 94.6 cm³/mol. The van der Waals surface area contributed by atoms with Crippen LogP contribution >= 0.6 is 0 Å². The molecule has 1 N–H and O–H groups in total. The molecule has 6 nitrogen and oxygen atoms in total. The molecule has 2 saturated heterocycles. The topological polar surface area (TPSA) is 62.2 Å². The van der Waals surface area contributed by atoms with Gasteiger partial charge in [-0.05, 0) is 6.07 Å². The van der Waals surface area contributed by atoms with Crippen LogP contribution in [0.4, 0.5) is 0 Å². The van der Waals surface area contributed by atoms with Crippen molar-refractivity contribution in [3.05, 3.63) is 29.8 Å². The van der Waals surface area contributed by atoms with Crippen molar-refractivity contribution in [1.82, 2.24) is 9.80 Å². The second kappa shape index (κ2) is 7.72. The minimum atomic E-state index is -0.725. The zero-order chi connectivity index (χ0) is 17.9. The highest BCUT2D eigenvalue weighted by Crippen LogP contribution is 2.34. The lowest BCUT2D eigenvalue weighted by atomic mass is 9.91. The first-order valence-electron chi connectivity index (χ1n) is 8.95. The molecule has 1 atom stereocenters. The van der Waals surface area contributed by atoms with E-state index in [1.165, 1.54) is 0 Å². The van der Waals surface area contributed by atoms with E-state index in [1.54, 1.807) is 14.0 Å². The molecule has 1 aromatic rings. The fraction of sp³-hybridized carbons (Fsp3) is 0.632.